The minimum atomic E-state index is -4.05. The summed E-state index contributed by atoms with van der Waals surface area (Å²) in [5.41, 5.74) is 0.185. The Morgan fingerprint density at radius 3 is 2.45 bits per heavy atom. The smallest absolute Gasteiger partial charge is 0.333 e. The Kier molecular flexibility index (Phi) is 7.78. The number of carbonyl (C=O) groups is 2. The van der Waals surface area contributed by atoms with E-state index in [1.165, 1.54) is 6.92 Å². The lowest BCUT2D eigenvalue weighted by Gasteiger charge is -2.05. The molecular weight excluding hydrogens is 286 g/mol. The normalized spacial score (nSPS) is 14.3. The van der Waals surface area contributed by atoms with Crippen LogP contribution in [-0.2, 0) is 24.4 Å². The molecule has 0 aromatic rings. The average Bonchev–Trinajstić information content (AvgIpc) is 2.73. The molecule has 0 aliphatic carbocycles. The van der Waals surface area contributed by atoms with Crippen LogP contribution in [0.3, 0.4) is 0 Å². The van der Waals surface area contributed by atoms with Crippen LogP contribution in [-0.4, -0.2) is 48.7 Å². The molecular formula is C12H19NO6S. The second-order valence-electron chi connectivity index (χ2n) is 4.08. The Labute approximate surface area is 118 Å². The van der Waals surface area contributed by atoms with E-state index in [0.717, 1.165) is 13.0 Å². The highest BCUT2D eigenvalue weighted by atomic mass is 32.2. The van der Waals surface area contributed by atoms with Crippen LogP contribution < -0.4 is 0 Å². The highest BCUT2D eigenvalue weighted by Crippen LogP contribution is 2.08. The molecule has 20 heavy (non-hydrogen) atoms. The summed E-state index contributed by atoms with van der Waals surface area (Å²) in [4.78, 5) is 22.9. The van der Waals surface area contributed by atoms with Crippen LogP contribution in [0.25, 0.3) is 0 Å². The van der Waals surface area contributed by atoms with Gasteiger partial charge in [0.1, 0.15) is 12.4 Å². The molecule has 0 spiro atoms. The molecule has 1 amide bonds. The lowest BCUT2D eigenvalue weighted by molar-refractivity contribution is -0.138. The molecule has 0 aromatic carbocycles. The summed E-state index contributed by atoms with van der Waals surface area (Å²) < 4.78 is 32.9. The fourth-order valence-corrected chi connectivity index (χ4v) is 1.52. The number of rotatable bonds is 5. The SMILES string of the molecule is C=C(C)C(=O)OCCS(=O)(=O)O.C=CN1CCCC1=O. The van der Waals surface area contributed by atoms with Crippen molar-refractivity contribution in [3.05, 3.63) is 24.9 Å². The molecule has 1 saturated heterocycles. The maximum absolute atomic E-state index is 10.7. The first-order chi connectivity index (χ1) is 9.17. The standard InChI is InChI=1S/C6H9NO.C6H10O5S/c1-2-7-5-3-4-6(7)8;1-5(2)6(7)11-3-4-12(8,9)10/h2H,1,3-5H2;1,3-4H2,2H3,(H,8,9,10). The van der Waals surface area contributed by atoms with Crippen LogP contribution in [0.5, 0.6) is 0 Å². The zero-order chi connectivity index (χ0) is 15.8. The van der Waals surface area contributed by atoms with Crippen molar-refractivity contribution in [2.75, 3.05) is 18.9 Å². The number of hydrogen-bond acceptors (Lipinski definition) is 5. The number of amides is 1. The van der Waals surface area contributed by atoms with Gasteiger partial charge in [-0.15, -0.1) is 0 Å². The van der Waals surface area contributed by atoms with E-state index in [1.54, 1.807) is 11.1 Å². The molecule has 1 rings (SSSR count). The molecule has 0 radical (unpaired) electrons. The summed E-state index contributed by atoms with van der Waals surface area (Å²) in [6.45, 7) is 8.73. The first kappa shape index (κ1) is 18.3. The molecule has 0 aromatic heterocycles. The third-order valence-electron chi connectivity index (χ3n) is 2.25. The second kappa shape index (κ2) is 8.49. The van der Waals surface area contributed by atoms with Gasteiger partial charge in [-0.1, -0.05) is 13.2 Å². The molecule has 1 heterocycles. The van der Waals surface area contributed by atoms with Gasteiger partial charge in [-0.25, -0.2) is 4.79 Å². The molecule has 1 aliphatic rings. The Hall–Kier alpha value is -1.67. The molecule has 0 unspecified atom stereocenters. The van der Waals surface area contributed by atoms with E-state index in [4.69, 9.17) is 4.55 Å². The second-order valence-corrected chi connectivity index (χ2v) is 5.65. The Balaban J connectivity index is 0.000000388. The number of ether oxygens (including phenoxy) is 1. The summed E-state index contributed by atoms with van der Waals surface area (Å²) in [7, 11) is -4.05. The minimum absolute atomic E-state index is 0.185. The predicted octanol–water partition coefficient (Wildman–Crippen LogP) is 0.746. The monoisotopic (exact) mass is 305 g/mol. The van der Waals surface area contributed by atoms with Crippen molar-refractivity contribution in [1.82, 2.24) is 4.90 Å². The summed E-state index contributed by atoms with van der Waals surface area (Å²) in [6, 6.07) is 0. The van der Waals surface area contributed by atoms with Gasteiger partial charge in [0.15, 0.2) is 0 Å². The molecule has 1 aliphatic heterocycles. The van der Waals surface area contributed by atoms with Gasteiger partial charge in [-0.2, -0.15) is 8.42 Å². The van der Waals surface area contributed by atoms with Crippen LogP contribution in [0.15, 0.2) is 24.9 Å². The van der Waals surface area contributed by atoms with Gasteiger partial charge in [-0.05, 0) is 19.5 Å². The zero-order valence-corrected chi connectivity index (χ0v) is 12.2. The highest BCUT2D eigenvalue weighted by molar-refractivity contribution is 7.85. The number of hydrogen-bond donors (Lipinski definition) is 1. The van der Waals surface area contributed by atoms with Gasteiger partial charge in [-0.3, -0.25) is 9.35 Å². The third kappa shape index (κ3) is 8.44. The van der Waals surface area contributed by atoms with Crippen LogP contribution in [0.4, 0.5) is 0 Å². The van der Waals surface area contributed by atoms with Crippen molar-refractivity contribution in [3.8, 4) is 0 Å². The summed E-state index contributed by atoms with van der Waals surface area (Å²) >= 11 is 0. The third-order valence-corrected chi connectivity index (χ3v) is 2.94. The van der Waals surface area contributed by atoms with Crippen molar-refractivity contribution in [2.45, 2.75) is 19.8 Å². The van der Waals surface area contributed by atoms with E-state index in [9.17, 15) is 18.0 Å². The predicted molar refractivity (Wildman–Crippen MR) is 73.3 cm³/mol. The van der Waals surface area contributed by atoms with Gasteiger partial charge < -0.3 is 9.64 Å². The summed E-state index contributed by atoms with van der Waals surface area (Å²) in [6.07, 6.45) is 3.28. The first-order valence-electron chi connectivity index (χ1n) is 5.87. The Bertz CT molecular complexity index is 482. The maximum Gasteiger partial charge on any atom is 0.333 e. The van der Waals surface area contributed by atoms with E-state index in [1.807, 2.05) is 0 Å². The van der Waals surface area contributed by atoms with Crippen molar-refractivity contribution < 1.29 is 27.3 Å². The van der Waals surface area contributed by atoms with Crippen LogP contribution in [0.1, 0.15) is 19.8 Å². The quantitative estimate of drug-likeness (QED) is 0.457. The molecule has 0 atom stereocenters. The molecule has 7 nitrogen and oxygen atoms in total. The fraction of sp³-hybridized carbons (Fsp3) is 0.500. The number of likely N-dealkylation sites (tertiary alicyclic amines) is 1. The van der Waals surface area contributed by atoms with Gasteiger partial charge >= 0.3 is 5.97 Å². The number of carbonyl (C=O) groups excluding carboxylic acids is 2. The molecule has 0 bridgehead atoms. The number of esters is 1. The molecule has 114 valence electrons. The minimum Gasteiger partial charge on any atom is -0.461 e. The van der Waals surface area contributed by atoms with E-state index in [0.29, 0.717) is 6.42 Å². The van der Waals surface area contributed by atoms with Gasteiger partial charge in [0.05, 0.1) is 0 Å². The Morgan fingerprint density at radius 2 is 2.15 bits per heavy atom. The van der Waals surface area contributed by atoms with E-state index in [-0.39, 0.29) is 18.1 Å². The first-order valence-corrected chi connectivity index (χ1v) is 7.48. The van der Waals surface area contributed by atoms with E-state index >= 15 is 0 Å². The highest BCUT2D eigenvalue weighted by Gasteiger charge is 2.16. The molecule has 8 heteroatoms. The zero-order valence-electron chi connectivity index (χ0n) is 11.4. The van der Waals surface area contributed by atoms with Gasteiger partial charge in [0.25, 0.3) is 10.1 Å². The lowest BCUT2D eigenvalue weighted by atomic mass is 10.4. The van der Waals surface area contributed by atoms with Crippen LogP contribution >= 0.6 is 0 Å². The molecule has 1 N–H and O–H groups in total. The lowest BCUT2D eigenvalue weighted by Crippen LogP contribution is -2.16. The summed E-state index contributed by atoms with van der Waals surface area (Å²) in [5.74, 6) is -1.05. The molecule has 0 saturated carbocycles. The average molecular weight is 305 g/mol. The maximum atomic E-state index is 10.7. The van der Waals surface area contributed by atoms with Crippen molar-refractivity contribution in [1.29, 1.82) is 0 Å². The fourth-order valence-electron chi connectivity index (χ4n) is 1.22. The van der Waals surface area contributed by atoms with Gasteiger partial charge in [0, 0.05) is 18.5 Å². The topological polar surface area (TPSA) is 101 Å². The molecule has 1 fully saturated rings. The van der Waals surface area contributed by atoms with Crippen LogP contribution in [0.2, 0.25) is 0 Å². The van der Waals surface area contributed by atoms with Crippen LogP contribution in [0, 0.1) is 0 Å². The van der Waals surface area contributed by atoms with Crippen molar-refractivity contribution >= 4 is 22.0 Å². The van der Waals surface area contributed by atoms with E-state index < -0.39 is 21.8 Å². The van der Waals surface area contributed by atoms with Crippen molar-refractivity contribution in [3.63, 3.8) is 0 Å². The van der Waals surface area contributed by atoms with E-state index in [2.05, 4.69) is 17.9 Å². The van der Waals surface area contributed by atoms with Gasteiger partial charge in [0.2, 0.25) is 5.91 Å². The summed E-state index contributed by atoms with van der Waals surface area (Å²) in [5, 5.41) is 0. The number of nitrogens with zero attached hydrogens (tertiary/aromatic N) is 1. The Morgan fingerprint density at radius 1 is 1.55 bits per heavy atom. The largest absolute Gasteiger partial charge is 0.461 e. The van der Waals surface area contributed by atoms with Crippen molar-refractivity contribution in [2.24, 2.45) is 0 Å².